The molecule has 0 atom stereocenters. The van der Waals surface area contributed by atoms with Gasteiger partial charge in [-0.1, -0.05) is 0 Å². The number of benzene rings is 1. The predicted octanol–water partition coefficient (Wildman–Crippen LogP) is 1.76. The SMILES string of the molecule is CCOC(=O)/C=C/c1cc([N+](=O)[O-])c(OC)c(O)c1C#N. The number of nitrogens with zero attached hydrogens (tertiary/aromatic N) is 2. The van der Waals surface area contributed by atoms with E-state index in [-0.39, 0.29) is 17.7 Å². The van der Waals surface area contributed by atoms with Crippen molar-refractivity contribution in [2.24, 2.45) is 0 Å². The van der Waals surface area contributed by atoms with Crippen molar-refractivity contribution in [3.8, 4) is 17.6 Å². The van der Waals surface area contributed by atoms with Crippen LogP contribution < -0.4 is 4.74 Å². The largest absolute Gasteiger partial charge is 0.503 e. The van der Waals surface area contributed by atoms with Gasteiger partial charge < -0.3 is 14.6 Å². The number of ether oxygens (including phenoxy) is 2. The van der Waals surface area contributed by atoms with Gasteiger partial charge in [0.1, 0.15) is 11.6 Å². The topological polar surface area (TPSA) is 123 Å². The minimum absolute atomic E-state index is 0.00977. The van der Waals surface area contributed by atoms with E-state index in [1.807, 2.05) is 0 Å². The van der Waals surface area contributed by atoms with Gasteiger partial charge in [0.15, 0.2) is 5.75 Å². The number of hydrogen-bond donors (Lipinski definition) is 1. The second-order valence-corrected chi connectivity index (χ2v) is 3.70. The van der Waals surface area contributed by atoms with E-state index in [2.05, 4.69) is 4.74 Å². The van der Waals surface area contributed by atoms with Crippen LogP contribution in [0.4, 0.5) is 5.69 Å². The first kappa shape index (κ1) is 16.0. The number of carbonyl (C=O) groups excluding carboxylic acids is 1. The van der Waals surface area contributed by atoms with Crippen LogP contribution in [0, 0.1) is 21.4 Å². The molecule has 1 N–H and O–H groups in total. The number of carbonyl (C=O) groups is 1. The molecule has 0 radical (unpaired) electrons. The number of nitriles is 1. The molecule has 8 nitrogen and oxygen atoms in total. The Balaban J connectivity index is 3.42. The van der Waals surface area contributed by atoms with Gasteiger partial charge in [0.2, 0.25) is 5.75 Å². The summed E-state index contributed by atoms with van der Waals surface area (Å²) >= 11 is 0. The average Bonchev–Trinajstić information content (AvgIpc) is 2.44. The van der Waals surface area contributed by atoms with E-state index in [4.69, 9.17) is 10.00 Å². The zero-order chi connectivity index (χ0) is 16.0. The van der Waals surface area contributed by atoms with E-state index in [0.29, 0.717) is 0 Å². The first-order chi connectivity index (χ1) is 9.96. The summed E-state index contributed by atoms with van der Waals surface area (Å²) in [6.07, 6.45) is 2.16. The zero-order valence-electron chi connectivity index (χ0n) is 11.3. The van der Waals surface area contributed by atoms with Crippen LogP contribution in [0.1, 0.15) is 18.1 Å². The molecule has 0 fully saturated rings. The van der Waals surface area contributed by atoms with Gasteiger partial charge in [-0.2, -0.15) is 5.26 Å². The molecule has 0 saturated heterocycles. The number of nitro benzene ring substituents is 1. The van der Waals surface area contributed by atoms with E-state index in [1.54, 1.807) is 13.0 Å². The number of rotatable bonds is 5. The molecule has 0 aliphatic heterocycles. The van der Waals surface area contributed by atoms with Crippen molar-refractivity contribution in [2.75, 3.05) is 13.7 Å². The van der Waals surface area contributed by atoms with Crippen LogP contribution in [0.25, 0.3) is 6.08 Å². The Morgan fingerprint density at radius 1 is 1.62 bits per heavy atom. The van der Waals surface area contributed by atoms with Gasteiger partial charge in [0.05, 0.1) is 18.6 Å². The molecule has 0 aromatic heterocycles. The first-order valence-corrected chi connectivity index (χ1v) is 5.79. The highest BCUT2D eigenvalue weighted by molar-refractivity contribution is 5.88. The molecule has 1 aromatic carbocycles. The Bertz CT molecular complexity index is 645. The summed E-state index contributed by atoms with van der Waals surface area (Å²) in [7, 11) is 1.14. The monoisotopic (exact) mass is 292 g/mol. The molecule has 0 unspecified atom stereocenters. The van der Waals surface area contributed by atoms with Crippen LogP contribution >= 0.6 is 0 Å². The van der Waals surface area contributed by atoms with Crippen LogP contribution in [0.2, 0.25) is 0 Å². The number of phenols is 1. The fourth-order valence-corrected chi connectivity index (χ4v) is 1.59. The second-order valence-electron chi connectivity index (χ2n) is 3.70. The summed E-state index contributed by atoms with van der Waals surface area (Å²) in [5.41, 5.74) is -0.744. The highest BCUT2D eigenvalue weighted by Crippen LogP contribution is 2.40. The van der Waals surface area contributed by atoms with Crippen molar-refractivity contribution in [3.63, 3.8) is 0 Å². The lowest BCUT2D eigenvalue weighted by atomic mass is 10.0. The molecule has 0 heterocycles. The maximum Gasteiger partial charge on any atom is 0.330 e. The Morgan fingerprint density at radius 3 is 2.76 bits per heavy atom. The smallest absolute Gasteiger partial charge is 0.330 e. The summed E-state index contributed by atoms with van der Waals surface area (Å²) in [4.78, 5) is 21.4. The summed E-state index contributed by atoms with van der Waals surface area (Å²) in [6.45, 7) is 1.79. The zero-order valence-corrected chi connectivity index (χ0v) is 11.3. The molecule has 0 aliphatic carbocycles. The minimum Gasteiger partial charge on any atom is -0.503 e. The van der Waals surface area contributed by atoms with Gasteiger partial charge in [-0.25, -0.2) is 4.79 Å². The third-order valence-electron chi connectivity index (χ3n) is 2.46. The summed E-state index contributed by atoms with van der Waals surface area (Å²) in [5.74, 6) is -1.73. The Morgan fingerprint density at radius 2 is 2.29 bits per heavy atom. The first-order valence-electron chi connectivity index (χ1n) is 5.79. The molecule has 110 valence electrons. The van der Waals surface area contributed by atoms with Gasteiger partial charge in [-0.15, -0.1) is 0 Å². The Labute approximate surface area is 120 Å². The van der Waals surface area contributed by atoms with Crippen molar-refractivity contribution < 1.29 is 24.3 Å². The third kappa shape index (κ3) is 3.48. The van der Waals surface area contributed by atoms with E-state index in [1.165, 1.54) is 0 Å². The predicted molar refractivity (Wildman–Crippen MR) is 71.7 cm³/mol. The standard InChI is InChI=1S/C13H12N2O6/c1-3-21-11(16)5-4-8-6-10(15(18)19)13(20-2)12(17)9(8)7-14/h4-6,17H,3H2,1-2H3/b5-4+. The van der Waals surface area contributed by atoms with Gasteiger partial charge in [-0.3, -0.25) is 10.1 Å². The van der Waals surface area contributed by atoms with E-state index in [9.17, 15) is 20.0 Å². The number of esters is 1. The Kier molecular flexibility index (Phi) is 5.25. The summed E-state index contributed by atoms with van der Waals surface area (Å²) in [6, 6.07) is 2.74. The van der Waals surface area contributed by atoms with Crippen LogP contribution in [-0.4, -0.2) is 29.7 Å². The minimum atomic E-state index is -0.762. The van der Waals surface area contributed by atoms with Crippen molar-refractivity contribution in [2.45, 2.75) is 6.92 Å². The maximum absolute atomic E-state index is 11.2. The van der Waals surface area contributed by atoms with Gasteiger partial charge in [-0.05, 0) is 13.0 Å². The van der Waals surface area contributed by atoms with E-state index < -0.39 is 28.1 Å². The molecule has 0 saturated carbocycles. The number of hydrogen-bond acceptors (Lipinski definition) is 7. The molecule has 1 aromatic rings. The third-order valence-corrected chi connectivity index (χ3v) is 2.46. The summed E-state index contributed by atoms with van der Waals surface area (Å²) in [5, 5.41) is 29.8. The van der Waals surface area contributed by atoms with Crippen LogP contribution in [0.5, 0.6) is 11.5 Å². The number of aromatic hydroxyl groups is 1. The normalized spacial score (nSPS) is 10.1. The van der Waals surface area contributed by atoms with Crippen molar-refractivity contribution in [1.82, 2.24) is 0 Å². The molecule has 0 bridgehead atoms. The van der Waals surface area contributed by atoms with Crippen LogP contribution in [0.15, 0.2) is 12.1 Å². The fraction of sp³-hybridized carbons (Fsp3) is 0.231. The average molecular weight is 292 g/mol. The molecule has 1 rings (SSSR count). The number of nitro groups is 1. The van der Waals surface area contributed by atoms with E-state index >= 15 is 0 Å². The molecule has 0 amide bonds. The summed E-state index contributed by atoms with van der Waals surface area (Å²) < 4.78 is 9.40. The lowest BCUT2D eigenvalue weighted by molar-refractivity contribution is -0.385. The molecular formula is C13H12N2O6. The molecule has 21 heavy (non-hydrogen) atoms. The van der Waals surface area contributed by atoms with Crippen molar-refractivity contribution >= 4 is 17.7 Å². The molecule has 0 spiro atoms. The van der Waals surface area contributed by atoms with Gasteiger partial charge >= 0.3 is 11.7 Å². The number of methoxy groups -OCH3 is 1. The lowest BCUT2D eigenvalue weighted by Gasteiger charge is -2.08. The molecular weight excluding hydrogens is 280 g/mol. The fourth-order valence-electron chi connectivity index (χ4n) is 1.59. The second kappa shape index (κ2) is 6.91. The maximum atomic E-state index is 11.2. The quantitative estimate of drug-likeness (QED) is 0.379. The Hall–Kier alpha value is -3.08. The molecule has 0 aliphatic rings. The van der Waals surface area contributed by atoms with Crippen molar-refractivity contribution in [1.29, 1.82) is 5.26 Å². The van der Waals surface area contributed by atoms with Crippen molar-refractivity contribution in [3.05, 3.63) is 33.4 Å². The van der Waals surface area contributed by atoms with Crippen LogP contribution in [-0.2, 0) is 9.53 Å². The van der Waals surface area contributed by atoms with Gasteiger partial charge in [0, 0.05) is 17.7 Å². The molecule has 8 heteroatoms. The highest BCUT2D eigenvalue weighted by atomic mass is 16.6. The van der Waals surface area contributed by atoms with E-state index in [0.717, 1.165) is 25.3 Å². The highest BCUT2D eigenvalue weighted by Gasteiger charge is 2.24. The van der Waals surface area contributed by atoms with Gasteiger partial charge in [0.25, 0.3) is 0 Å². The van der Waals surface area contributed by atoms with Crippen LogP contribution in [0.3, 0.4) is 0 Å². The number of phenolic OH excluding ortho intramolecular Hbond substituents is 1. The lowest BCUT2D eigenvalue weighted by Crippen LogP contribution is -2.00.